The number of piperidine rings is 3. The second-order valence-corrected chi connectivity index (χ2v) is 7.63. The number of carbonyl (C=O) groups excluding carboxylic acids is 1. The average Bonchev–Trinajstić information content (AvgIpc) is 2.88. The summed E-state index contributed by atoms with van der Waals surface area (Å²) in [6, 6.07) is 8.19. The van der Waals surface area contributed by atoms with Crippen LogP contribution in [0.3, 0.4) is 0 Å². The number of fused-ring (bicyclic) bond motifs is 1. The Hall–Kier alpha value is -1.81. The van der Waals surface area contributed by atoms with Gasteiger partial charge in [0.15, 0.2) is 5.76 Å². The van der Waals surface area contributed by atoms with Crippen molar-refractivity contribution in [3.8, 4) is 0 Å². The van der Waals surface area contributed by atoms with E-state index in [1.54, 1.807) is 0 Å². The predicted molar refractivity (Wildman–Crippen MR) is 88.3 cm³/mol. The molecule has 23 heavy (non-hydrogen) atoms. The monoisotopic (exact) mass is 310 g/mol. The van der Waals surface area contributed by atoms with Gasteiger partial charge < -0.3 is 14.6 Å². The molecule has 4 nitrogen and oxygen atoms in total. The summed E-state index contributed by atoms with van der Waals surface area (Å²) in [4.78, 5) is 15.4. The zero-order valence-electron chi connectivity index (χ0n) is 13.4. The summed E-state index contributed by atoms with van der Waals surface area (Å²) < 4.78 is 5.83. The van der Waals surface area contributed by atoms with Crippen LogP contribution in [-0.2, 0) is 0 Å². The first-order valence-corrected chi connectivity index (χ1v) is 8.70. The van der Waals surface area contributed by atoms with Crippen molar-refractivity contribution in [2.75, 3.05) is 19.6 Å². The Bertz CT molecular complexity index is 751. The van der Waals surface area contributed by atoms with E-state index in [1.165, 1.54) is 19.4 Å². The molecule has 3 unspecified atom stereocenters. The van der Waals surface area contributed by atoms with Gasteiger partial charge in [0.1, 0.15) is 5.58 Å². The van der Waals surface area contributed by atoms with E-state index in [2.05, 4.69) is 10.2 Å². The van der Waals surface area contributed by atoms with Crippen molar-refractivity contribution in [3.63, 3.8) is 0 Å². The number of nitrogens with one attached hydrogen (secondary N) is 1. The van der Waals surface area contributed by atoms with Gasteiger partial charge in [-0.1, -0.05) is 18.2 Å². The first-order chi connectivity index (χ1) is 11.2. The maximum atomic E-state index is 12.8. The van der Waals surface area contributed by atoms with Crippen LogP contribution in [0.2, 0.25) is 0 Å². The summed E-state index contributed by atoms with van der Waals surface area (Å²) in [5, 5.41) is 4.36. The topological polar surface area (TPSA) is 45.5 Å². The van der Waals surface area contributed by atoms with Crippen molar-refractivity contribution in [1.82, 2.24) is 10.2 Å². The molecule has 2 aromatic rings. The fourth-order valence-corrected chi connectivity index (χ4v) is 5.25. The first-order valence-electron chi connectivity index (χ1n) is 8.70. The van der Waals surface area contributed by atoms with Gasteiger partial charge in [0.05, 0.1) is 0 Å². The molecule has 1 saturated carbocycles. The minimum Gasteiger partial charge on any atom is -0.451 e. The van der Waals surface area contributed by atoms with E-state index in [9.17, 15) is 4.79 Å². The van der Waals surface area contributed by atoms with Gasteiger partial charge in [0, 0.05) is 36.6 Å². The van der Waals surface area contributed by atoms with Crippen LogP contribution in [0.15, 0.2) is 28.7 Å². The Morgan fingerprint density at radius 1 is 1.17 bits per heavy atom. The predicted octanol–water partition coefficient (Wildman–Crippen LogP) is 2.81. The number of aryl methyl sites for hydroxylation is 1. The van der Waals surface area contributed by atoms with Crippen molar-refractivity contribution in [2.45, 2.75) is 25.8 Å². The number of furan rings is 1. The van der Waals surface area contributed by atoms with Crippen molar-refractivity contribution in [2.24, 2.45) is 17.8 Å². The number of rotatable bonds is 2. The SMILES string of the molecule is Cc1c(C(=O)NC2[C@@H]3CC4C[C@H]2CN(C4)C3)oc2ccccc12. The van der Waals surface area contributed by atoms with Crippen molar-refractivity contribution >= 4 is 16.9 Å². The van der Waals surface area contributed by atoms with Crippen molar-refractivity contribution in [3.05, 3.63) is 35.6 Å². The Kier molecular flexibility index (Phi) is 2.87. The largest absolute Gasteiger partial charge is 0.451 e. The summed E-state index contributed by atoms with van der Waals surface area (Å²) >= 11 is 0. The summed E-state index contributed by atoms with van der Waals surface area (Å²) in [5.41, 5.74) is 1.75. The van der Waals surface area contributed by atoms with Gasteiger partial charge in [-0.25, -0.2) is 0 Å². The van der Waals surface area contributed by atoms with Crippen LogP contribution in [0.25, 0.3) is 11.0 Å². The van der Waals surface area contributed by atoms with Crippen LogP contribution in [0.4, 0.5) is 0 Å². The Morgan fingerprint density at radius 2 is 1.91 bits per heavy atom. The number of carbonyl (C=O) groups is 1. The summed E-state index contributed by atoms with van der Waals surface area (Å²) in [6.07, 6.45) is 2.55. The Morgan fingerprint density at radius 3 is 2.61 bits per heavy atom. The number of hydrogen-bond donors (Lipinski definition) is 1. The molecular weight excluding hydrogens is 288 g/mol. The normalized spacial score (nSPS) is 34.9. The van der Waals surface area contributed by atoms with Crippen LogP contribution < -0.4 is 5.32 Å². The quantitative estimate of drug-likeness (QED) is 0.928. The van der Waals surface area contributed by atoms with E-state index in [0.717, 1.165) is 35.5 Å². The molecular formula is C19H22N2O2. The van der Waals surface area contributed by atoms with E-state index in [4.69, 9.17) is 4.42 Å². The fraction of sp³-hybridized carbons (Fsp3) is 0.526. The molecule has 1 aromatic carbocycles. The molecule has 0 radical (unpaired) electrons. The average molecular weight is 310 g/mol. The maximum absolute atomic E-state index is 12.8. The highest BCUT2D eigenvalue weighted by Crippen LogP contribution is 2.43. The standard InChI is InChI=1S/C19H22N2O2/c1-11-15-4-2-3-5-16(15)23-18(11)19(22)20-17-13-6-12-7-14(17)10-21(8-12)9-13/h2-5,12-14,17H,6-10H2,1H3,(H,20,22)/t12?,13-,14+,17?. The number of nitrogens with zero attached hydrogens (tertiary/aromatic N) is 1. The summed E-state index contributed by atoms with van der Waals surface area (Å²) in [5.74, 6) is 2.55. The van der Waals surface area contributed by atoms with Gasteiger partial charge in [0.2, 0.25) is 0 Å². The lowest BCUT2D eigenvalue weighted by molar-refractivity contribution is -0.0420. The van der Waals surface area contributed by atoms with Gasteiger partial charge in [0.25, 0.3) is 5.91 Å². The second-order valence-electron chi connectivity index (χ2n) is 7.63. The molecule has 3 aliphatic heterocycles. The minimum absolute atomic E-state index is 0.0360. The lowest BCUT2D eigenvalue weighted by Gasteiger charge is -2.55. The van der Waals surface area contributed by atoms with Crippen LogP contribution >= 0.6 is 0 Å². The lowest BCUT2D eigenvalue weighted by atomic mass is 9.65. The Labute approximate surface area is 135 Å². The van der Waals surface area contributed by atoms with Crippen LogP contribution in [0, 0.1) is 24.7 Å². The van der Waals surface area contributed by atoms with Crippen LogP contribution in [0.5, 0.6) is 0 Å². The van der Waals surface area contributed by atoms with Crippen molar-refractivity contribution < 1.29 is 9.21 Å². The van der Waals surface area contributed by atoms with E-state index in [0.29, 0.717) is 23.6 Å². The van der Waals surface area contributed by atoms with Crippen molar-refractivity contribution in [1.29, 1.82) is 0 Å². The third-order valence-electron chi connectivity index (χ3n) is 6.14. The molecule has 1 amide bonds. The summed E-state index contributed by atoms with van der Waals surface area (Å²) in [7, 11) is 0. The molecule has 120 valence electrons. The molecule has 4 fully saturated rings. The fourth-order valence-electron chi connectivity index (χ4n) is 5.25. The Balaban J connectivity index is 1.41. The van der Waals surface area contributed by atoms with E-state index < -0.39 is 0 Å². The third kappa shape index (κ3) is 2.04. The van der Waals surface area contributed by atoms with Gasteiger partial charge in [-0.2, -0.15) is 0 Å². The van der Waals surface area contributed by atoms with Gasteiger partial charge in [-0.15, -0.1) is 0 Å². The van der Waals surface area contributed by atoms with Crippen LogP contribution in [0.1, 0.15) is 29.0 Å². The molecule has 6 rings (SSSR count). The lowest BCUT2D eigenvalue weighted by Crippen LogP contribution is -2.64. The molecule has 1 N–H and O–H groups in total. The van der Waals surface area contributed by atoms with E-state index in [-0.39, 0.29) is 5.91 Å². The number of amides is 1. The zero-order valence-corrected chi connectivity index (χ0v) is 13.4. The third-order valence-corrected chi connectivity index (χ3v) is 6.14. The molecule has 1 aliphatic carbocycles. The highest BCUT2D eigenvalue weighted by atomic mass is 16.3. The molecule has 4 bridgehead atoms. The van der Waals surface area contributed by atoms with E-state index in [1.807, 2.05) is 31.2 Å². The number of para-hydroxylation sites is 1. The molecule has 1 aromatic heterocycles. The van der Waals surface area contributed by atoms with Crippen LogP contribution in [-0.4, -0.2) is 36.5 Å². The van der Waals surface area contributed by atoms with Gasteiger partial charge in [-0.3, -0.25) is 4.79 Å². The number of hydrogen-bond acceptors (Lipinski definition) is 3. The van der Waals surface area contributed by atoms with Gasteiger partial charge >= 0.3 is 0 Å². The maximum Gasteiger partial charge on any atom is 0.287 e. The zero-order chi connectivity index (χ0) is 15.6. The molecule has 4 aliphatic rings. The number of benzene rings is 1. The molecule has 4 heterocycles. The first kappa shape index (κ1) is 13.6. The highest BCUT2D eigenvalue weighted by molar-refractivity contribution is 5.99. The highest BCUT2D eigenvalue weighted by Gasteiger charge is 2.48. The molecule has 5 atom stereocenters. The molecule has 0 spiro atoms. The molecule has 4 heteroatoms. The molecule has 3 saturated heterocycles. The second kappa shape index (κ2) is 4.84. The van der Waals surface area contributed by atoms with Gasteiger partial charge in [-0.05, 0) is 43.6 Å². The smallest absolute Gasteiger partial charge is 0.287 e. The summed E-state index contributed by atoms with van der Waals surface area (Å²) in [6.45, 7) is 5.55. The van der Waals surface area contributed by atoms with E-state index >= 15 is 0 Å². The minimum atomic E-state index is -0.0360.